The van der Waals surface area contributed by atoms with Gasteiger partial charge in [0.05, 0.1) is 0 Å². The Bertz CT molecular complexity index is 462. The van der Waals surface area contributed by atoms with Crippen molar-refractivity contribution in [2.45, 2.75) is 34.6 Å². The standard InChI is InChI=1S/C17H30N6.C2H6/c1-4-20-6-10-22(11-7-20)16-14-17(19-15(3)18-16)23-12-8-21(5-2)9-13-23;1-2/h14H,4-13H2,1-3H3;1-2H3. The molecule has 6 nitrogen and oxygen atoms in total. The van der Waals surface area contributed by atoms with Crippen LogP contribution in [0.1, 0.15) is 33.5 Å². The first-order valence-corrected chi connectivity index (χ1v) is 10.00. The third-order valence-corrected chi connectivity index (χ3v) is 5.10. The van der Waals surface area contributed by atoms with Crippen molar-refractivity contribution in [2.75, 3.05) is 75.2 Å². The Hall–Kier alpha value is -1.40. The van der Waals surface area contributed by atoms with Gasteiger partial charge in [0.2, 0.25) is 0 Å². The Kier molecular flexibility index (Phi) is 7.90. The highest BCUT2D eigenvalue weighted by molar-refractivity contribution is 5.51. The smallest absolute Gasteiger partial charge is 0.134 e. The molecule has 0 aromatic carbocycles. The molecular formula is C19H36N6. The number of likely N-dealkylation sites (N-methyl/N-ethyl adjacent to an activating group) is 2. The van der Waals surface area contributed by atoms with Crippen molar-refractivity contribution in [3.05, 3.63) is 11.9 Å². The largest absolute Gasteiger partial charge is 0.354 e. The van der Waals surface area contributed by atoms with E-state index in [4.69, 9.17) is 9.97 Å². The molecule has 0 N–H and O–H groups in total. The number of aromatic nitrogens is 2. The number of anilines is 2. The van der Waals surface area contributed by atoms with Crippen LogP contribution in [0.4, 0.5) is 11.6 Å². The van der Waals surface area contributed by atoms with Crippen LogP contribution in [0.5, 0.6) is 0 Å². The van der Waals surface area contributed by atoms with Crippen LogP contribution in [-0.4, -0.2) is 85.2 Å². The van der Waals surface area contributed by atoms with Crippen LogP contribution in [-0.2, 0) is 0 Å². The third-order valence-electron chi connectivity index (χ3n) is 5.10. The summed E-state index contributed by atoms with van der Waals surface area (Å²) in [5.41, 5.74) is 0. The van der Waals surface area contributed by atoms with Crippen molar-refractivity contribution in [2.24, 2.45) is 0 Å². The number of hydrogen-bond acceptors (Lipinski definition) is 6. The molecule has 3 heterocycles. The molecule has 0 atom stereocenters. The summed E-state index contributed by atoms with van der Waals surface area (Å²) < 4.78 is 0. The van der Waals surface area contributed by atoms with Gasteiger partial charge in [-0.2, -0.15) is 0 Å². The summed E-state index contributed by atoms with van der Waals surface area (Å²) in [5.74, 6) is 3.08. The van der Waals surface area contributed by atoms with Crippen LogP contribution in [0.2, 0.25) is 0 Å². The lowest BCUT2D eigenvalue weighted by Gasteiger charge is -2.37. The van der Waals surface area contributed by atoms with Gasteiger partial charge in [-0.1, -0.05) is 27.7 Å². The Labute approximate surface area is 153 Å². The van der Waals surface area contributed by atoms with Gasteiger partial charge in [-0.15, -0.1) is 0 Å². The van der Waals surface area contributed by atoms with Crippen molar-refractivity contribution in [1.29, 1.82) is 0 Å². The van der Waals surface area contributed by atoms with E-state index in [9.17, 15) is 0 Å². The molecule has 142 valence electrons. The zero-order chi connectivity index (χ0) is 18.2. The summed E-state index contributed by atoms with van der Waals surface area (Å²) in [6, 6.07) is 2.19. The molecule has 0 amide bonds. The normalized spacial score (nSPS) is 19.6. The fourth-order valence-corrected chi connectivity index (χ4v) is 3.45. The van der Waals surface area contributed by atoms with Crippen molar-refractivity contribution < 1.29 is 0 Å². The maximum atomic E-state index is 4.69. The van der Waals surface area contributed by atoms with E-state index in [1.54, 1.807) is 0 Å². The van der Waals surface area contributed by atoms with E-state index in [0.717, 1.165) is 82.9 Å². The van der Waals surface area contributed by atoms with E-state index in [-0.39, 0.29) is 0 Å². The van der Waals surface area contributed by atoms with Gasteiger partial charge in [-0.05, 0) is 20.0 Å². The first-order valence-electron chi connectivity index (χ1n) is 10.00. The minimum Gasteiger partial charge on any atom is -0.354 e. The van der Waals surface area contributed by atoms with Crippen LogP contribution < -0.4 is 9.80 Å². The third kappa shape index (κ3) is 5.28. The summed E-state index contributed by atoms with van der Waals surface area (Å²) >= 11 is 0. The Morgan fingerprint density at radius 2 is 1.08 bits per heavy atom. The fraction of sp³-hybridized carbons (Fsp3) is 0.789. The first kappa shape index (κ1) is 19.9. The van der Waals surface area contributed by atoms with E-state index < -0.39 is 0 Å². The summed E-state index contributed by atoms with van der Waals surface area (Å²) in [6.07, 6.45) is 0. The number of hydrogen-bond donors (Lipinski definition) is 0. The van der Waals surface area contributed by atoms with Crippen LogP contribution in [0, 0.1) is 6.92 Å². The predicted molar refractivity (Wildman–Crippen MR) is 107 cm³/mol. The molecule has 3 rings (SSSR count). The van der Waals surface area contributed by atoms with Gasteiger partial charge < -0.3 is 19.6 Å². The highest BCUT2D eigenvalue weighted by Crippen LogP contribution is 2.21. The highest BCUT2D eigenvalue weighted by Gasteiger charge is 2.21. The van der Waals surface area contributed by atoms with Gasteiger partial charge >= 0.3 is 0 Å². The zero-order valence-electron chi connectivity index (χ0n) is 16.8. The molecule has 2 fully saturated rings. The molecule has 25 heavy (non-hydrogen) atoms. The molecule has 2 aliphatic rings. The molecule has 1 aromatic rings. The molecule has 1 aromatic heterocycles. The van der Waals surface area contributed by atoms with Crippen molar-refractivity contribution in [3.63, 3.8) is 0 Å². The lowest BCUT2D eigenvalue weighted by Crippen LogP contribution is -2.47. The van der Waals surface area contributed by atoms with Crippen LogP contribution in [0.15, 0.2) is 6.07 Å². The fourth-order valence-electron chi connectivity index (χ4n) is 3.45. The number of aryl methyl sites for hydroxylation is 1. The average molecular weight is 349 g/mol. The average Bonchev–Trinajstić information content (AvgIpc) is 2.69. The Morgan fingerprint density at radius 1 is 0.720 bits per heavy atom. The van der Waals surface area contributed by atoms with Gasteiger partial charge in [0.15, 0.2) is 0 Å². The highest BCUT2D eigenvalue weighted by atomic mass is 15.3. The first-order chi connectivity index (χ1) is 12.2. The Morgan fingerprint density at radius 3 is 1.40 bits per heavy atom. The van der Waals surface area contributed by atoms with Crippen molar-refractivity contribution in [1.82, 2.24) is 19.8 Å². The van der Waals surface area contributed by atoms with Crippen molar-refractivity contribution in [3.8, 4) is 0 Å². The van der Waals surface area contributed by atoms with E-state index in [1.165, 1.54) is 0 Å². The van der Waals surface area contributed by atoms with E-state index in [0.29, 0.717) is 0 Å². The van der Waals surface area contributed by atoms with Crippen LogP contribution >= 0.6 is 0 Å². The SMILES string of the molecule is CC.CCN1CCN(c2cc(N3CCN(CC)CC3)nc(C)n2)CC1. The van der Waals surface area contributed by atoms with Gasteiger partial charge in [0.25, 0.3) is 0 Å². The minimum absolute atomic E-state index is 0.883. The molecule has 2 aliphatic heterocycles. The maximum Gasteiger partial charge on any atom is 0.134 e. The Balaban J connectivity index is 0.00000109. The van der Waals surface area contributed by atoms with E-state index in [1.807, 2.05) is 20.8 Å². The monoisotopic (exact) mass is 348 g/mol. The summed E-state index contributed by atoms with van der Waals surface area (Å²) in [7, 11) is 0. The molecular weight excluding hydrogens is 312 g/mol. The quantitative estimate of drug-likeness (QED) is 0.830. The van der Waals surface area contributed by atoms with E-state index in [2.05, 4.69) is 39.5 Å². The molecule has 0 bridgehead atoms. The second kappa shape index (κ2) is 9.92. The number of nitrogens with zero attached hydrogens (tertiary/aromatic N) is 6. The lowest BCUT2D eigenvalue weighted by molar-refractivity contribution is 0.269. The van der Waals surface area contributed by atoms with Crippen LogP contribution in [0.3, 0.4) is 0 Å². The lowest BCUT2D eigenvalue weighted by atomic mass is 10.3. The van der Waals surface area contributed by atoms with Gasteiger partial charge in [0, 0.05) is 58.4 Å². The molecule has 0 saturated carbocycles. The van der Waals surface area contributed by atoms with E-state index >= 15 is 0 Å². The summed E-state index contributed by atoms with van der Waals surface area (Å²) in [5, 5.41) is 0. The predicted octanol–water partition coefficient (Wildman–Crippen LogP) is 2.10. The second-order valence-corrected chi connectivity index (χ2v) is 6.47. The van der Waals surface area contributed by atoms with Crippen LogP contribution in [0.25, 0.3) is 0 Å². The summed E-state index contributed by atoms with van der Waals surface area (Å²) in [6.45, 7) is 21.5. The number of rotatable bonds is 4. The summed E-state index contributed by atoms with van der Waals surface area (Å²) in [4.78, 5) is 19.2. The van der Waals surface area contributed by atoms with Gasteiger partial charge in [-0.3, -0.25) is 0 Å². The topological polar surface area (TPSA) is 38.7 Å². The zero-order valence-corrected chi connectivity index (χ0v) is 16.8. The minimum atomic E-state index is 0.883. The second-order valence-electron chi connectivity index (χ2n) is 6.47. The molecule has 2 saturated heterocycles. The van der Waals surface area contributed by atoms with Gasteiger partial charge in [0.1, 0.15) is 17.5 Å². The molecule has 0 unspecified atom stereocenters. The molecule has 0 radical (unpaired) electrons. The van der Waals surface area contributed by atoms with Gasteiger partial charge in [-0.25, -0.2) is 9.97 Å². The van der Waals surface area contributed by atoms with Crippen molar-refractivity contribution >= 4 is 11.6 Å². The maximum absolute atomic E-state index is 4.69. The molecule has 0 spiro atoms. The number of piperazine rings is 2. The molecule has 6 heteroatoms. The molecule has 0 aliphatic carbocycles.